The number of hydrogen-bond acceptors (Lipinski definition) is 9. The molecule has 0 saturated carbocycles. The van der Waals surface area contributed by atoms with Crippen LogP contribution in [0.2, 0.25) is 0 Å². The molecule has 1 N–H and O–H groups in total. The zero-order chi connectivity index (χ0) is 27.9. The number of hydrogen-bond donors (Lipinski definition) is 1. The summed E-state index contributed by atoms with van der Waals surface area (Å²) in [4.78, 5) is 42.3. The van der Waals surface area contributed by atoms with Crippen LogP contribution in [0.15, 0.2) is 24.1 Å². The summed E-state index contributed by atoms with van der Waals surface area (Å²) in [5, 5.41) is 14.8. The van der Waals surface area contributed by atoms with Crippen molar-refractivity contribution in [1.29, 1.82) is 5.26 Å². The van der Waals surface area contributed by atoms with Gasteiger partial charge in [-0.05, 0) is 68.8 Å². The third-order valence-electron chi connectivity index (χ3n) is 8.91. The molecule has 0 radical (unpaired) electrons. The van der Waals surface area contributed by atoms with E-state index in [1.54, 1.807) is 4.90 Å². The fourth-order valence-electron chi connectivity index (χ4n) is 6.73. The molecule has 1 aliphatic carbocycles. The normalized spacial score (nSPS) is 26.1. The Balaban J connectivity index is 1.32. The Kier molecular flexibility index (Phi) is 7.23. The van der Waals surface area contributed by atoms with Crippen molar-refractivity contribution < 1.29 is 14.3 Å². The van der Waals surface area contributed by atoms with Crippen LogP contribution in [-0.2, 0) is 24.1 Å². The first-order valence-electron chi connectivity index (χ1n) is 14.1. The Labute approximate surface area is 238 Å². The molecule has 1 spiro atoms. The molecule has 3 atom stereocenters. The molecule has 11 heteroatoms. The number of rotatable bonds is 6. The monoisotopic (exact) mass is 561 g/mol. The molecule has 3 aliphatic heterocycles. The van der Waals surface area contributed by atoms with E-state index < -0.39 is 0 Å². The lowest BCUT2D eigenvalue weighted by Crippen LogP contribution is -2.57. The van der Waals surface area contributed by atoms with E-state index in [0.29, 0.717) is 44.7 Å². The maximum absolute atomic E-state index is 13.0. The topological polar surface area (TPSA) is 115 Å². The van der Waals surface area contributed by atoms with Crippen LogP contribution in [0.1, 0.15) is 52.2 Å². The van der Waals surface area contributed by atoms with Crippen LogP contribution in [0.25, 0.3) is 0 Å². The summed E-state index contributed by atoms with van der Waals surface area (Å²) in [6.07, 6.45) is 6.70. The predicted molar refractivity (Wildman–Crippen MR) is 152 cm³/mol. The molecule has 10 nitrogen and oxygen atoms in total. The van der Waals surface area contributed by atoms with E-state index >= 15 is 0 Å². The van der Waals surface area contributed by atoms with Crippen molar-refractivity contribution in [3.05, 3.63) is 45.8 Å². The van der Waals surface area contributed by atoms with Crippen molar-refractivity contribution >= 4 is 29.0 Å². The Hall–Kier alpha value is -3.49. The Morgan fingerprint density at radius 1 is 1.32 bits per heavy atom. The molecule has 5 heterocycles. The molecular weight excluding hydrogens is 526 g/mol. The number of nitrogens with one attached hydrogen (secondary N) is 1. The number of aromatic nitrogens is 2. The molecule has 2 aromatic rings. The van der Waals surface area contributed by atoms with Gasteiger partial charge in [0.2, 0.25) is 5.91 Å². The van der Waals surface area contributed by atoms with E-state index in [-0.39, 0.29) is 29.8 Å². The number of ether oxygens (including phenoxy) is 1. The molecule has 2 amide bonds. The highest BCUT2D eigenvalue weighted by Crippen LogP contribution is 2.39. The second kappa shape index (κ2) is 10.8. The number of carbonyl (C=O) groups is 2. The summed E-state index contributed by atoms with van der Waals surface area (Å²) >= 11 is 1.49. The molecule has 2 fully saturated rings. The standard InChI is InChI=1S/C29H35N7O3S/c1-3-24(37)36-13-12-35(17-20(36)7-10-30)26-22-6-9-29(15-19-8-14-40-25(19)27(38)33-29)16-23(22)31-28(32-26)39-18-21-5-4-11-34(21)2/h3,8,14,20-21H,1,4-7,9,11-13,15-18H2,2H3,(H,33,38). The number of nitrogens with zero attached hydrogens (tertiary/aromatic N) is 6. The summed E-state index contributed by atoms with van der Waals surface area (Å²) in [7, 11) is 2.12. The first-order chi connectivity index (χ1) is 19.4. The molecule has 40 heavy (non-hydrogen) atoms. The summed E-state index contributed by atoms with van der Waals surface area (Å²) in [6.45, 7) is 6.80. The minimum absolute atomic E-state index is 0.00271. The van der Waals surface area contributed by atoms with Crippen molar-refractivity contribution in [2.24, 2.45) is 0 Å². The van der Waals surface area contributed by atoms with E-state index in [2.05, 4.69) is 40.9 Å². The van der Waals surface area contributed by atoms with E-state index in [9.17, 15) is 14.9 Å². The van der Waals surface area contributed by atoms with E-state index in [0.717, 1.165) is 66.2 Å². The van der Waals surface area contributed by atoms with Crippen molar-refractivity contribution in [2.45, 2.75) is 62.6 Å². The Bertz CT molecular complexity index is 1370. The van der Waals surface area contributed by atoms with Crippen molar-refractivity contribution in [3.63, 3.8) is 0 Å². The van der Waals surface area contributed by atoms with Gasteiger partial charge in [0.25, 0.3) is 5.91 Å². The fraction of sp³-hybridized carbons (Fsp3) is 0.552. The van der Waals surface area contributed by atoms with Crippen LogP contribution in [0.4, 0.5) is 5.82 Å². The van der Waals surface area contributed by atoms with Gasteiger partial charge in [-0.3, -0.25) is 9.59 Å². The van der Waals surface area contributed by atoms with Crippen LogP contribution in [0.3, 0.4) is 0 Å². The van der Waals surface area contributed by atoms with Crippen LogP contribution in [-0.4, -0.2) is 89.0 Å². The van der Waals surface area contributed by atoms with Gasteiger partial charge in [-0.15, -0.1) is 11.3 Å². The van der Waals surface area contributed by atoms with Crippen molar-refractivity contribution in [1.82, 2.24) is 25.1 Å². The highest BCUT2D eigenvalue weighted by atomic mass is 32.1. The average molecular weight is 562 g/mol. The fourth-order valence-corrected chi connectivity index (χ4v) is 7.55. The van der Waals surface area contributed by atoms with E-state index in [4.69, 9.17) is 14.7 Å². The number of thiophene rings is 1. The molecule has 2 aromatic heterocycles. The number of piperazine rings is 1. The van der Waals surface area contributed by atoms with Crippen LogP contribution >= 0.6 is 11.3 Å². The lowest BCUT2D eigenvalue weighted by atomic mass is 9.74. The minimum Gasteiger partial charge on any atom is -0.462 e. The summed E-state index contributed by atoms with van der Waals surface area (Å²) in [5.41, 5.74) is 2.70. The molecule has 3 unspecified atom stereocenters. The first-order valence-corrected chi connectivity index (χ1v) is 14.9. The third kappa shape index (κ3) is 4.95. The van der Waals surface area contributed by atoms with Crippen molar-refractivity contribution in [3.8, 4) is 12.1 Å². The van der Waals surface area contributed by atoms with Gasteiger partial charge >= 0.3 is 6.01 Å². The van der Waals surface area contributed by atoms with Gasteiger partial charge in [0.05, 0.1) is 34.6 Å². The largest absolute Gasteiger partial charge is 0.462 e. The second-order valence-electron chi connectivity index (χ2n) is 11.4. The molecule has 4 aliphatic rings. The number of likely N-dealkylation sites (tertiary alicyclic amines) is 1. The average Bonchev–Trinajstić information content (AvgIpc) is 3.59. The first kappa shape index (κ1) is 26.7. The highest BCUT2D eigenvalue weighted by molar-refractivity contribution is 7.12. The van der Waals surface area contributed by atoms with Gasteiger partial charge in [0.15, 0.2) is 0 Å². The molecule has 6 rings (SSSR count). The number of nitriles is 1. The van der Waals surface area contributed by atoms with Gasteiger partial charge in [-0.1, -0.05) is 6.58 Å². The number of carbonyl (C=O) groups excluding carboxylic acids is 2. The zero-order valence-corrected chi connectivity index (χ0v) is 23.7. The summed E-state index contributed by atoms with van der Waals surface area (Å²) in [5.74, 6) is 0.663. The summed E-state index contributed by atoms with van der Waals surface area (Å²) in [6, 6.07) is 4.73. The number of likely N-dealkylation sites (N-methyl/N-ethyl adjacent to an activating group) is 1. The van der Waals surface area contributed by atoms with Crippen LogP contribution in [0, 0.1) is 11.3 Å². The minimum atomic E-state index is -0.384. The third-order valence-corrected chi connectivity index (χ3v) is 9.87. The SMILES string of the molecule is C=CC(=O)N1CCN(c2nc(OCC3CCCN3C)nc3c2CCC2(Cc4ccsc4C(=O)N2)C3)CC1CC#N. The van der Waals surface area contributed by atoms with Crippen LogP contribution in [0.5, 0.6) is 6.01 Å². The Morgan fingerprint density at radius 3 is 2.98 bits per heavy atom. The van der Waals surface area contributed by atoms with E-state index in [1.165, 1.54) is 17.4 Å². The van der Waals surface area contributed by atoms with Crippen LogP contribution < -0.4 is 15.0 Å². The molecular formula is C29H35N7O3S. The lowest BCUT2D eigenvalue weighted by Gasteiger charge is -2.44. The van der Waals surface area contributed by atoms with Gasteiger partial charge < -0.3 is 24.8 Å². The quantitative estimate of drug-likeness (QED) is 0.535. The van der Waals surface area contributed by atoms with Gasteiger partial charge in [-0.25, -0.2) is 0 Å². The smallest absolute Gasteiger partial charge is 0.318 e. The molecule has 2 saturated heterocycles. The Morgan fingerprint density at radius 2 is 2.20 bits per heavy atom. The predicted octanol–water partition coefficient (Wildman–Crippen LogP) is 2.34. The lowest BCUT2D eigenvalue weighted by molar-refractivity contribution is -0.128. The maximum Gasteiger partial charge on any atom is 0.318 e. The number of fused-ring (bicyclic) bond motifs is 2. The molecule has 210 valence electrons. The number of anilines is 1. The van der Waals surface area contributed by atoms with Gasteiger partial charge in [-0.2, -0.15) is 15.2 Å². The summed E-state index contributed by atoms with van der Waals surface area (Å²) < 4.78 is 6.24. The zero-order valence-electron chi connectivity index (χ0n) is 22.9. The van der Waals surface area contributed by atoms with Gasteiger partial charge in [0.1, 0.15) is 12.4 Å². The number of amides is 2. The van der Waals surface area contributed by atoms with E-state index in [1.807, 2.05) is 5.38 Å². The molecule has 0 bridgehead atoms. The maximum atomic E-state index is 13.0. The van der Waals surface area contributed by atoms with Gasteiger partial charge in [0, 0.05) is 37.7 Å². The second-order valence-corrected chi connectivity index (χ2v) is 12.3. The highest BCUT2D eigenvalue weighted by Gasteiger charge is 2.43. The van der Waals surface area contributed by atoms with Crippen molar-refractivity contribution in [2.75, 3.05) is 44.7 Å². The molecule has 0 aromatic carbocycles.